The van der Waals surface area contributed by atoms with E-state index in [0.717, 1.165) is 11.3 Å². The van der Waals surface area contributed by atoms with Crippen LogP contribution in [-0.4, -0.2) is 30.6 Å². The quantitative estimate of drug-likeness (QED) is 0.523. The van der Waals surface area contributed by atoms with Gasteiger partial charge in [0.1, 0.15) is 5.75 Å². The first-order valence-electron chi connectivity index (χ1n) is 8.43. The van der Waals surface area contributed by atoms with E-state index < -0.39 is 15.9 Å². The van der Waals surface area contributed by atoms with Crippen LogP contribution in [-0.2, 0) is 10.0 Å². The molecule has 29 heavy (non-hydrogen) atoms. The fourth-order valence-corrected chi connectivity index (χ4v) is 4.45. The van der Waals surface area contributed by atoms with E-state index in [9.17, 15) is 13.2 Å². The van der Waals surface area contributed by atoms with E-state index >= 15 is 0 Å². The Hall–Kier alpha value is -2.69. The first-order chi connectivity index (χ1) is 13.7. The van der Waals surface area contributed by atoms with Crippen LogP contribution in [0.4, 0.5) is 10.8 Å². The number of amides is 1. The molecule has 0 spiro atoms. The van der Waals surface area contributed by atoms with Gasteiger partial charge in [0.2, 0.25) is 5.13 Å². The molecule has 11 heteroatoms. The van der Waals surface area contributed by atoms with Crippen molar-refractivity contribution in [3.8, 4) is 5.75 Å². The number of nitrogens with zero attached hydrogens (tertiary/aromatic N) is 2. The second kappa shape index (κ2) is 8.76. The van der Waals surface area contributed by atoms with E-state index in [1.54, 1.807) is 48.5 Å². The Morgan fingerprint density at radius 2 is 1.90 bits per heavy atom. The minimum atomic E-state index is -3.98. The lowest BCUT2D eigenvalue weighted by Crippen LogP contribution is -2.13. The molecule has 0 fully saturated rings. The molecule has 2 aromatic carbocycles. The SMILES string of the molecule is CC(C)Oc1cccc(NS(=O)(=O)c2nnc(NC(=O)c3ccccc3Cl)s2)c1. The zero-order chi connectivity index (χ0) is 21.0. The number of carbonyl (C=O) groups is 1. The molecule has 0 aliphatic carbocycles. The molecule has 0 radical (unpaired) electrons. The number of rotatable bonds is 7. The van der Waals surface area contributed by atoms with Gasteiger partial charge >= 0.3 is 0 Å². The number of benzene rings is 2. The van der Waals surface area contributed by atoms with Gasteiger partial charge in [-0.25, -0.2) is 0 Å². The van der Waals surface area contributed by atoms with Crippen LogP contribution in [0.5, 0.6) is 5.75 Å². The molecule has 1 aromatic heterocycles. The van der Waals surface area contributed by atoms with E-state index in [4.69, 9.17) is 16.3 Å². The van der Waals surface area contributed by atoms with E-state index in [2.05, 4.69) is 20.2 Å². The second-order valence-corrected chi connectivity index (χ2v) is 9.35. The van der Waals surface area contributed by atoms with Gasteiger partial charge in [-0.05, 0) is 38.1 Å². The summed E-state index contributed by atoms with van der Waals surface area (Å²) in [5.74, 6) is 0.0207. The summed E-state index contributed by atoms with van der Waals surface area (Å²) < 4.78 is 32.8. The maximum Gasteiger partial charge on any atom is 0.291 e. The molecule has 0 aliphatic rings. The highest BCUT2D eigenvalue weighted by Crippen LogP contribution is 2.25. The van der Waals surface area contributed by atoms with E-state index in [1.165, 1.54) is 0 Å². The normalized spacial score (nSPS) is 11.3. The van der Waals surface area contributed by atoms with Crippen LogP contribution >= 0.6 is 22.9 Å². The van der Waals surface area contributed by atoms with Crippen LogP contribution in [0, 0.1) is 0 Å². The van der Waals surface area contributed by atoms with Gasteiger partial charge in [-0.15, -0.1) is 10.2 Å². The highest BCUT2D eigenvalue weighted by Gasteiger charge is 2.22. The molecule has 3 aromatic rings. The van der Waals surface area contributed by atoms with Gasteiger partial charge in [-0.2, -0.15) is 8.42 Å². The lowest BCUT2D eigenvalue weighted by molar-refractivity contribution is 0.102. The van der Waals surface area contributed by atoms with E-state index in [1.807, 2.05) is 13.8 Å². The van der Waals surface area contributed by atoms with Crippen molar-refractivity contribution >= 4 is 49.7 Å². The summed E-state index contributed by atoms with van der Waals surface area (Å²) in [5, 5.41) is 10.2. The van der Waals surface area contributed by atoms with Gasteiger partial charge < -0.3 is 4.74 Å². The third-order valence-corrected chi connectivity index (χ3v) is 6.35. The van der Waals surface area contributed by atoms with E-state index in [-0.39, 0.29) is 26.2 Å². The summed E-state index contributed by atoms with van der Waals surface area (Å²) in [7, 11) is -3.98. The number of aromatic nitrogens is 2. The zero-order valence-corrected chi connectivity index (χ0v) is 17.8. The van der Waals surface area contributed by atoms with Crippen LogP contribution in [0.1, 0.15) is 24.2 Å². The highest BCUT2D eigenvalue weighted by molar-refractivity contribution is 7.94. The topological polar surface area (TPSA) is 110 Å². The number of carbonyl (C=O) groups excluding carboxylic acids is 1. The van der Waals surface area contributed by atoms with Crippen LogP contribution in [0.2, 0.25) is 5.02 Å². The predicted octanol–water partition coefficient (Wildman–Crippen LogP) is 4.03. The van der Waals surface area contributed by atoms with Gasteiger partial charge in [0.05, 0.1) is 22.4 Å². The molecular formula is C18H17ClN4O4S2. The Balaban J connectivity index is 1.74. The van der Waals surface area contributed by atoms with Crippen LogP contribution in [0.3, 0.4) is 0 Å². The summed E-state index contributed by atoms with van der Waals surface area (Å²) >= 11 is 6.71. The van der Waals surface area contributed by atoms with Crippen molar-refractivity contribution in [2.24, 2.45) is 0 Å². The van der Waals surface area contributed by atoms with Gasteiger partial charge in [-0.3, -0.25) is 14.8 Å². The van der Waals surface area contributed by atoms with E-state index in [0.29, 0.717) is 11.4 Å². The maximum atomic E-state index is 12.6. The van der Waals surface area contributed by atoms with Crippen molar-refractivity contribution in [2.45, 2.75) is 24.3 Å². The molecule has 1 heterocycles. The number of ether oxygens (including phenoxy) is 1. The van der Waals surface area contributed by atoms with Crippen molar-refractivity contribution in [2.75, 3.05) is 10.0 Å². The van der Waals surface area contributed by atoms with Crippen LogP contribution < -0.4 is 14.8 Å². The Morgan fingerprint density at radius 1 is 1.14 bits per heavy atom. The smallest absolute Gasteiger partial charge is 0.291 e. The average molecular weight is 453 g/mol. The molecule has 1 amide bonds. The minimum absolute atomic E-state index is 0.0344. The van der Waals surface area contributed by atoms with Crippen LogP contribution in [0.15, 0.2) is 52.9 Å². The molecule has 0 bridgehead atoms. The summed E-state index contributed by atoms with van der Waals surface area (Å²) in [4.78, 5) is 12.3. The monoisotopic (exact) mass is 452 g/mol. The summed E-state index contributed by atoms with van der Waals surface area (Å²) in [6.07, 6.45) is -0.0469. The number of hydrogen-bond acceptors (Lipinski definition) is 7. The second-order valence-electron chi connectivity index (χ2n) is 6.11. The fourth-order valence-electron chi connectivity index (χ4n) is 2.28. The molecule has 2 N–H and O–H groups in total. The molecule has 0 saturated heterocycles. The third kappa shape index (κ3) is 5.43. The Bertz CT molecular complexity index is 1130. The molecule has 0 unspecified atom stereocenters. The fraction of sp³-hybridized carbons (Fsp3) is 0.167. The highest BCUT2D eigenvalue weighted by atomic mass is 35.5. The predicted molar refractivity (Wildman–Crippen MR) is 112 cm³/mol. The molecule has 0 atom stereocenters. The maximum absolute atomic E-state index is 12.6. The lowest BCUT2D eigenvalue weighted by Gasteiger charge is -2.11. The van der Waals surface area contributed by atoms with Crippen LogP contribution in [0.25, 0.3) is 0 Å². The summed E-state index contributed by atoms with van der Waals surface area (Å²) in [5.41, 5.74) is 0.564. The molecule has 0 saturated carbocycles. The molecule has 152 valence electrons. The van der Waals surface area contributed by atoms with Crippen molar-refractivity contribution in [3.63, 3.8) is 0 Å². The first-order valence-corrected chi connectivity index (χ1v) is 11.1. The number of halogens is 1. The Morgan fingerprint density at radius 3 is 2.62 bits per heavy atom. The van der Waals surface area contributed by atoms with Gasteiger partial charge in [0.25, 0.3) is 20.3 Å². The summed E-state index contributed by atoms with van der Waals surface area (Å²) in [6.45, 7) is 3.74. The Labute approximate surface area is 176 Å². The van der Waals surface area contributed by atoms with Crippen molar-refractivity contribution in [1.82, 2.24) is 10.2 Å². The molecule has 0 aliphatic heterocycles. The largest absolute Gasteiger partial charge is 0.491 e. The third-order valence-electron chi connectivity index (χ3n) is 3.43. The first kappa shape index (κ1) is 21.0. The van der Waals surface area contributed by atoms with Crippen molar-refractivity contribution in [1.29, 1.82) is 0 Å². The standard InChI is InChI=1S/C18H17ClN4O4S2/c1-11(2)27-13-7-5-6-12(10-13)23-29(25,26)18-22-21-17(28-18)20-16(24)14-8-3-4-9-15(14)19/h3-11,23H,1-2H3,(H,20,21,24). The zero-order valence-electron chi connectivity index (χ0n) is 15.4. The average Bonchev–Trinajstić information content (AvgIpc) is 3.11. The van der Waals surface area contributed by atoms with Crippen molar-refractivity contribution < 1.29 is 17.9 Å². The van der Waals surface area contributed by atoms with Crippen molar-refractivity contribution in [3.05, 3.63) is 59.1 Å². The summed E-state index contributed by atoms with van der Waals surface area (Å²) in [6, 6.07) is 13.0. The molecule has 3 rings (SSSR count). The number of anilines is 2. The van der Waals surface area contributed by atoms with Gasteiger partial charge in [0.15, 0.2) is 0 Å². The minimum Gasteiger partial charge on any atom is -0.491 e. The number of nitrogens with one attached hydrogen (secondary N) is 2. The molecular weight excluding hydrogens is 436 g/mol. The Kier molecular flexibility index (Phi) is 6.36. The van der Waals surface area contributed by atoms with Gasteiger partial charge in [0, 0.05) is 6.07 Å². The number of hydrogen-bond donors (Lipinski definition) is 2. The lowest BCUT2D eigenvalue weighted by atomic mass is 10.2. The number of sulfonamides is 1. The molecule has 8 nitrogen and oxygen atoms in total. The van der Waals surface area contributed by atoms with Gasteiger partial charge in [-0.1, -0.05) is 41.1 Å².